The van der Waals surface area contributed by atoms with Crippen LogP contribution in [-0.4, -0.2) is 6.54 Å². The van der Waals surface area contributed by atoms with Crippen LogP contribution in [-0.2, 0) is 0 Å². The fraction of sp³-hybridized carbons (Fsp3) is 0.0667. The van der Waals surface area contributed by atoms with Gasteiger partial charge in [0.2, 0.25) is 0 Å². The van der Waals surface area contributed by atoms with Gasteiger partial charge in [0.15, 0.2) is 0 Å². The predicted molar refractivity (Wildman–Crippen MR) is 74.8 cm³/mol. The molecule has 0 aliphatic heterocycles. The Morgan fingerprint density at radius 2 is 1.65 bits per heavy atom. The van der Waals surface area contributed by atoms with Crippen LogP contribution in [0, 0.1) is 0 Å². The van der Waals surface area contributed by atoms with Crippen molar-refractivity contribution in [1.29, 1.82) is 0 Å². The molecule has 2 aromatic carbocycles. The number of nitrogen functional groups attached to an aromatic ring is 1. The smallest absolute Gasteiger partial charge is 0.0576 e. The number of nitrogens with two attached hydrogens (primary N) is 1. The first-order valence-corrected chi connectivity index (χ1v) is 5.66. The minimum Gasteiger partial charge on any atom is -0.397 e. The van der Waals surface area contributed by atoms with Gasteiger partial charge in [-0.25, -0.2) is 0 Å². The molecule has 2 rings (SSSR count). The second-order valence-corrected chi connectivity index (χ2v) is 3.78. The molecule has 2 aromatic rings. The van der Waals surface area contributed by atoms with Crippen molar-refractivity contribution in [3.05, 3.63) is 66.2 Å². The molecule has 0 fully saturated rings. The van der Waals surface area contributed by atoms with E-state index < -0.39 is 0 Å². The van der Waals surface area contributed by atoms with E-state index in [1.807, 2.05) is 42.5 Å². The van der Waals surface area contributed by atoms with Crippen molar-refractivity contribution in [1.82, 2.24) is 0 Å². The van der Waals surface area contributed by atoms with Crippen LogP contribution in [0.25, 0.3) is 6.08 Å². The van der Waals surface area contributed by atoms with Crippen molar-refractivity contribution in [3.8, 4) is 0 Å². The van der Waals surface area contributed by atoms with Gasteiger partial charge in [-0.3, -0.25) is 0 Å². The molecule has 0 bridgehead atoms. The minimum absolute atomic E-state index is 0.767. The highest BCUT2D eigenvalue weighted by molar-refractivity contribution is 5.66. The number of anilines is 2. The zero-order chi connectivity index (χ0) is 11.9. The Hall–Kier alpha value is -2.22. The number of rotatable bonds is 4. The SMILES string of the molecule is Nc1ccccc1NCC=Cc1ccccc1. The van der Waals surface area contributed by atoms with Crippen LogP contribution in [0.5, 0.6) is 0 Å². The topological polar surface area (TPSA) is 38.0 Å². The largest absolute Gasteiger partial charge is 0.397 e. The van der Waals surface area contributed by atoms with Gasteiger partial charge in [-0.05, 0) is 17.7 Å². The third-order valence-electron chi connectivity index (χ3n) is 2.48. The summed E-state index contributed by atoms with van der Waals surface area (Å²) in [7, 11) is 0. The molecule has 0 unspecified atom stereocenters. The zero-order valence-electron chi connectivity index (χ0n) is 9.64. The molecule has 0 saturated carbocycles. The molecule has 2 heteroatoms. The van der Waals surface area contributed by atoms with Gasteiger partial charge in [-0.15, -0.1) is 0 Å². The van der Waals surface area contributed by atoms with E-state index >= 15 is 0 Å². The average molecular weight is 224 g/mol. The Morgan fingerprint density at radius 1 is 0.941 bits per heavy atom. The lowest BCUT2D eigenvalue weighted by molar-refractivity contribution is 1.34. The molecule has 0 heterocycles. The molecule has 0 atom stereocenters. The Morgan fingerprint density at radius 3 is 2.41 bits per heavy atom. The van der Waals surface area contributed by atoms with Crippen molar-refractivity contribution in [2.45, 2.75) is 0 Å². The first kappa shape index (κ1) is 11.3. The van der Waals surface area contributed by atoms with Crippen LogP contribution in [0.2, 0.25) is 0 Å². The van der Waals surface area contributed by atoms with Crippen molar-refractivity contribution in [2.24, 2.45) is 0 Å². The van der Waals surface area contributed by atoms with Gasteiger partial charge in [0.1, 0.15) is 0 Å². The molecule has 0 aliphatic carbocycles. The van der Waals surface area contributed by atoms with Crippen LogP contribution in [0.3, 0.4) is 0 Å². The standard InChI is InChI=1S/C15H16N2/c16-14-10-4-5-11-15(14)17-12-6-9-13-7-2-1-3-8-13/h1-11,17H,12,16H2. The Bertz CT molecular complexity index is 489. The van der Waals surface area contributed by atoms with Gasteiger partial charge in [0.25, 0.3) is 0 Å². The highest BCUT2D eigenvalue weighted by Gasteiger charge is 1.93. The molecule has 0 spiro atoms. The number of nitrogens with one attached hydrogen (secondary N) is 1. The lowest BCUT2D eigenvalue weighted by Gasteiger charge is -2.05. The van der Waals surface area contributed by atoms with E-state index in [1.54, 1.807) is 0 Å². The van der Waals surface area contributed by atoms with E-state index in [-0.39, 0.29) is 0 Å². The van der Waals surface area contributed by atoms with E-state index in [1.165, 1.54) is 5.56 Å². The molecule has 0 aliphatic rings. The predicted octanol–water partition coefficient (Wildman–Crippen LogP) is 3.39. The summed E-state index contributed by atoms with van der Waals surface area (Å²) in [5.41, 5.74) is 8.79. The summed E-state index contributed by atoms with van der Waals surface area (Å²) in [6.45, 7) is 0.767. The van der Waals surface area contributed by atoms with Gasteiger partial charge in [-0.2, -0.15) is 0 Å². The second kappa shape index (κ2) is 5.75. The van der Waals surface area contributed by atoms with Crippen LogP contribution in [0.4, 0.5) is 11.4 Å². The molecule has 3 N–H and O–H groups in total. The Balaban J connectivity index is 1.88. The van der Waals surface area contributed by atoms with E-state index in [0.717, 1.165) is 17.9 Å². The first-order valence-electron chi connectivity index (χ1n) is 5.66. The van der Waals surface area contributed by atoms with E-state index in [2.05, 4.69) is 29.6 Å². The summed E-state index contributed by atoms with van der Waals surface area (Å²) in [6.07, 6.45) is 4.17. The Kier molecular flexibility index (Phi) is 3.81. The Labute approximate surface area is 102 Å². The normalized spacial score (nSPS) is 10.6. The van der Waals surface area contributed by atoms with Crippen molar-refractivity contribution >= 4 is 17.5 Å². The highest BCUT2D eigenvalue weighted by Crippen LogP contribution is 2.16. The van der Waals surface area contributed by atoms with Crippen LogP contribution in [0.1, 0.15) is 5.56 Å². The van der Waals surface area contributed by atoms with E-state index in [9.17, 15) is 0 Å². The quantitative estimate of drug-likeness (QED) is 0.781. The summed E-state index contributed by atoms with van der Waals surface area (Å²) in [5, 5.41) is 3.27. The van der Waals surface area contributed by atoms with Crippen molar-refractivity contribution in [3.63, 3.8) is 0 Å². The third-order valence-corrected chi connectivity index (χ3v) is 2.48. The van der Waals surface area contributed by atoms with Gasteiger partial charge in [0, 0.05) is 6.54 Å². The van der Waals surface area contributed by atoms with Gasteiger partial charge >= 0.3 is 0 Å². The van der Waals surface area contributed by atoms with Crippen LogP contribution >= 0.6 is 0 Å². The van der Waals surface area contributed by atoms with Gasteiger partial charge in [0.05, 0.1) is 11.4 Å². The highest BCUT2D eigenvalue weighted by atomic mass is 14.9. The summed E-state index contributed by atoms with van der Waals surface area (Å²) < 4.78 is 0. The summed E-state index contributed by atoms with van der Waals surface area (Å²) in [4.78, 5) is 0. The lowest BCUT2D eigenvalue weighted by Crippen LogP contribution is -2.01. The number of para-hydroxylation sites is 2. The molecule has 0 aromatic heterocycles. The number of hydrogen-bond donors (Lipinski definition) is 2. The molecule has 0 amide bonds. The molecule has 2 nitrogen and oxygen atoms in total. The van der Waals surface area contributed by atoms with Crippen LogP contribution in [0.15, 0.2) is 60.7 Å². The van der Waals surface area contributed by atoms with E-state index in [0.29, 0.717) is 0 Å². The molecular formula is C15H16N2. The number of hydrogen-bond acceptors (Lipinski definition) is 2. The monoisotopic (exact) mass is 224 g/mol. The minimum atomic E-state index is 0.767. The van der Waals surface area contributed by atoms with Gasteiger partial charge < -0.3 is 11.1 Å². The summed E-state index contributed by atoms with van der Waals surface area (Å²) in [5.74, 6) is 0. The van der Waals surface area contributed by atoms with Gasteiger partial charge in [-0.1, -0.05) is 54.6 Å². The van der Waals surface area contributed by atoms with E-state index in [4.69, 9.17) is 5.73 Å². The molecule has 0 radical (unpaired) electrons. The molecule has 86 valence electrons. The molecule has 17 heavy (non-hydrogen) atoms. The maximum atomic E-state index is 5.83. The maximum Gasteiger partial charge on any atom is 0.0576 e. The van der Waals surface area contributed by atoms with Crippen LogP contribution < -0.4 is 11.1 Å². The fourth-order valence-corrected chi connectivity index (χ4v) is 1.59. The third kappa shape index (κ3) is 3.38. The average Bonchev–Trinajstić information content (AvgIpc) is 2.38. The molecule has 0 saturated heterocycles. The lowest BCUT2D eigenvalue weighted by atomic mass is 10.2. The molecular weight excluding hydrogens is 208 g/mol. The fourth-order valence-electron chi connectivity index (χ4n) is 1.59. The summed E-state index contributed by atoms with van der Waals surface area (Å²) >= 11 is 0. The van der Waals surface area contributed by atoms with Crippen molar-refractivity contribution < 1.29 is 0 Å². The second-order valence-electron chi connectivity index (χ2n) is 3.78. The number of benzene rings is 2. The zero-order valence-corrected chi connectivity index (χ0v) is 9.64. The first-order chi connectivity index (χ1) is 8.36. The summed E-state index contributed by atoms with van der Waals surface area (Å²) in [6, 6.07) is 18.0. The maximum absolute atomic E-state index is 5.83. The van der Waals surface area contributed by atoms with Crippen molar-refractivity contribution in [2.75, 3.05) is 17.6 Å².